The van der Waals surface area contributed by atoms with Gasteiger partial charge in [-0.05, 0) is 35.9 Å². The van der Waals surface area contributed by atoms with Gasteiger partial charge in [-0.25, -0.2) is 0 Å². The van der Waals surface area contributed by atoms with E-state index in [-0.39, 0.29) is 5.78 Å². The fraction of sp³-hybridized carbons (Fsp3) is 0.118. The quantitative estimate of drug-likeness (QED) is 0.616. The molecule has 0 spiro atoms. The van der Waals surface area contributed by atoms with Gasteiger partial charge in [0.2, 0.25) is 0 Å². The molecule has 3 heteroatoms. The Morgan fingerprint density at radius 1 is 1.10 bits per heavy atom. The summed E-state index contributed by atoms with van der Waals surface area (Å²) < 4.78 is 0. The first-order chi connectivity index (χ1) is 9.58. The third-order valence-corrected chi connectivity index (χ3v) is 3.31. The average Bonchev–Trinajstić information content (AvgIpc) is 2.46. The van der Waals surface area contributed by atoms with Crippen molar-refractivity contribution in [2.75, 3.05) is 19.0 Å². The van der Waals surface area contributed by atoms with Crippen LogP contribution in [0.4, 0.5) is 5.69 Å². The van der Waals surface area contributed by atoms with Gasteiger partial charge in [-0.2, -0.15) is 0 Å². The summed E-state index contributed by atoms with van der Waals surface area (Å²) in [4.78, 5) is 14.1. The first-order valence-electron chi connectivity index (χ1n) is 6.32. The SMILES string of the molecule is CN(C)c1cccc(C(=O)/C=C\c2ccccc2Cl)c1. The molecule has 0 saturated carbocycles. The van der Waals surface area contributed by atoms with Crippen LogP contribution in [0.25, 0.3) is 6.08 Å². The highest BCUT2D eigenvalue weighted by Crippen LogP contribution is 2.18. The number of allylic oxidation sites excluding steroid dienone is 1. The maximum absolute atomic E-state index is 12.2. The summed E-state index contributed by atoms with van der Waals surface area (Å²) in [6, 6.07) is 15.0. The molecule has 0 saturated heterocycles. The highest BCUT2D eigenvalue weighted by molar-refractivity contribution is 6.32. The minimum Gasteiger partial charge on any atom is -0.378 e. The van der Waals surface area contributed by atoms with Crippen molar-refractivity contribution in [1.29, 1.82) is 0 Å². The van der Waals surface area contributed by atoms with Crippen molar-refractivity contribution >= 4 is 29.1 Å². The fourth-order valence-electron chi connectivity index (χ4n) is 1.81. The van der Waals surface area contributed by atoms with Gasteiger partial charge in [0.15, 0.2) is 5.78 Å². The van der Waals surface area contributed by atoms with Crippen LogP contribution in [0.3, 0.4) is 0 Å². The van der Waals surface area contributed by atoms with E-state index in [0.717, 1.165) is 11.3 Å². The molecule has 0 aromatic heterocycles. The van der Waals surface area contributed by atoms with Crippen molar-refractivity contribution < 1.29 is 4.79 Å². The van der Waals surface area contributed by atoms with Gasteiger partial charge >= 0.3 is 0 Å². The van der Waals surface area contributed by atoms with E-state index in [1.165, 1.54) is 0 Å². The normalized spacial score (nSPS) is 10.8. The molecule has 0 aliphatic carbocycles. The smallest absolute Gasteiger partial charge is 0.185 e. The van der Waals surface area contributed by atoms with E-state index in [1.807, 2.05) is 61.5 Å². The summed E-state index contributed by atoms with van der Waals surface area (Å²) >= 11 is 6.05. The van der Waals surface area contributed by atoms with Gasteiger partial charge in [-0.15, -0.1) is 0 Å². The van der Waals surface area contributed by atoms with Gasteiger partial charge in [0, 0.05) is 30.4 Å². The van der Waals surface area contributed by atoms with Crippen molar-refractivity contribution in [2.45, 2.75) is 0 Å². The maximum atomic E-state index is 12.2. The van der Waals surface area contributed by atoms with Crippen LogP contribution in [0.2, 0.25) is 5.02 Å². The summed E-state index contributed by atoms with van der Waals surface area (Å²) in [6.45, 7) is 0. The Morgan fingerprint density at radius 2 is 1.85 bits per heavy atom. The molecule has 2 rings (SSSR count). The molecule has 0 N–H and O–H groups in total. The van der Waals surface area contributed by atoms with E-state index in [1.54, 1.807) is 18.2 Å². The zero-order valence-corrected chi connectivity index (χ0v) is 12.3. The van der Waals surface area contributed by atoms with E-state index in [4.69, 9.17) is 11.6 Å². The molecule has 0 bridgehead atoms. The molecule has 0 heterocycles. The number of rotatable bonds is 4. The number of carbonyl (C=O) groups is 1. The number of hydrogen-bond acceptors (Lipinski definition) is 2. The fourth-order valence-corrected chi connectivity index (χ4v) is 2.01. The van der Waals surface area contributed by atoms with Crippen LogP contribution in [-0.2, 0) is 0 Å². The molecule has 0 unspecified atom stereocenters. The second-order valence-corrected chi connectivity index (χ2v) is 5.07. The predicted octanol–water partition coefficient (Wildman–Crippen LogP) is 4.30. The van der Waals surface area contributed by atoms with Gasteiger partial charge in [0.05, 0.1) is 0 Å². The molecule has 0 radical (unpaired) electrons. The Morgan fingerprint density at radius 3 is 2.55 bits per heavy atom. The van der Waals surface area contributed by atoms with Crippen molar-refractivity contribution in [1.82, 2.24) is 0 Å². The first-order valence-corrected chi connectivity index (χ1v) is 6.70. The van der Waals surface area contributed by atoms with Gasteiger partial charge in [0.25, 0.3) is 0 Å². The lowest BCUT2D eigenvalue weighted by Gasteiger charge is -2.12. The van der Waals surface area contributed by atoms with Crippen LogP contribution in [0, 0.1) is 0 Å². The molecule has 102 valence electrons. The highest BCUT2D eigenvalue weighted by atomic mass is 35.5. The van der Waals surface area contributed by atoms with Crippen LogP contribution < -0.4 is 4.90 Å². The Labute approximate surface area is 124 Å². The van der Waals surface area contributed by atoms with E-state index < -0.39 is 0 Å². The minimum absolute atomic E-state index is 0.0337. The molecule has 0 fully saturated rings. The first kappa shape index (κ1) is 14.4. The average molecular weight is 286 g/mol. The number of hydrogen-bond donors (Lipinski definition) is 0. The van der Waals surface area contributed by atoms with Gasteiger partial charge < -0.3 is 4.90 Å². The number of ketones is 1. The Kier molecular flexibility index (Phi) is 4.59. The van der Waals surface area contributed by atoms with Gasteiger partial charge in [-0.3, -0.25) is 4.79 Å². The maximum Gasteiger partial charge on any atom is 0.185 e. The molecule has 0 aliphatic rings. The Balaban J connectivity index is 2.20. The van der Waals surface area contributed by atoms with Crippen molar-refractivity contribution in [2.24, 2.45) is 0 Å². The lowest BCUT2D eigenvalue weighted by atomic mass is 10.1. The Hall–Kier alpha value is -2.06. The van der Waals surface area contributed by atoms with Crippen LogP contribution >= 0.6 is 11.6 Å². The largest absolute Gasteiger partial charge is 0.378 e. The molecule has 0 atom stereocenters. The molecular weight excluding hydrogens is 270 g/mol. The number of nitrogens with zero attached hydrogens (tertiary/aromatic N) is 1. The van der Waals surface area contributed by atoms with Crippen LogP contribution in [0.15, 0.2) is 54.6 Å². The molecule has 0 amide bonds. The van der Waals surface area contributed by atoms with Crippen LogP contribution in [-0.4, -0.2) is 19.9 Å². The van der Waals surface area contributed by atoms with Gasteiger partial charge in [0.1, 0.15) is 0 Å². The third kappa shape index (κ3) is 3.49. The second-order valence-electron chi connectivity index (χ2n) is 4.66. The molecule has 2 aromatic rings. The summed E-state index contributed by atoms with van der Waals surface area (Å²) in [5.74, 6) is -0.0337. The van der Waals surface area contributed by atoms with Crippen molar-refractivity contribution in [3.63, 3.8) is 0 Å². The van der Waals surface area contributed by atoms with E-state index in [0.29, 0.717) is 10.6 Å². The minimum atomic E-state index is -0.0337. The molecule has 2 nitrogen and oxygen atoms in total. The lowest BCUT2D eigenvalue weighted by molar-refractivity contribution is 0.104. The summed E-state index contributed by atoms with van der Waals surface area (Å²) in [5, 5.41) is 0.638. The summed E-state index contributed by atoms with van der Waals surface area (Å²) in [6.07, 6.45) is 3.29. The molecular formula is C17H16ClNO. The van der Waals surface area contributed by atoms with E-state index in [2.05, 4.69) is 0 Å². The number of halogens is 1. The second kappa shape index (κ2) is 6.40. The van der Waals surface area contributed by atoms with Crippen molar-refractivity contribution in [3.05, 3.63) is 70.8 Å². The highest BCUT2D eigenvalue weighted by Gasteiger charge is 2.04. The molecule has 0 aliphatic heterocycles. The van der Waals surface area contributed by atoms with Crippen molar-refractivity contribution in [3.8, 4) is 0 Å². The zero-order chi connectivity index (χ0) is 14.5. The number of benzene rings is 2. The molecule has 2 aromatic carbocycles. The van der Waals surface area contributed by atoms with Crippen LogP contribution in [0.1, 0.15) is 15.9 Å². The topological polar surface area (TPSA) is 20.3 Å². The monoisotopic (exact) mass is 285 g/mol. The Bertz CT molecular complexity index is 647. The van der Waals surface area contributed by atoms with E-state index >= 15 is 0 Å². The third-order valence-electron chi connectivity index (χ3n) is 2.97. The predicted molar refractivity (Wildman–Crippen MR) is 85.6 cm³/mol. The summed E-state index contributed by atoms with van der Waals surface area (Å²) in [7, 11) is 3.90. The number of anilines is 1. The van der Waals surface area contributed by atoms with E-state index in [9.17, 15) is 4.79 Å². The van der Waals surface area contributed by atoms with Crippen LogP contribution in [0.5, 0.6) is 0 Å². The lowest BCUT2D eigenvalue weighted by Crippen LogP contribution is -2.09. The molecule has 20 heavy (non-hydrogen) atoms. The number of carbonyl (C=O) groups excluding carboxylic acids is 1. The van der Waals surface area contributed by atoms with Gasteiger partial charge in [-0.1, -0.05) is 41.9 Å². The zero-order valence-electron chi connectivity index (χ0n) is 11.5. The summed E-state index contributed by atoms with van der Waals surface area (Å²) in [5.41, 5.74) is 2.51. The standard InChI is InChI=1S/C17H16ClNO/c1-19(2)15-8-5-7-14(12-15)17(20)11-10-13-6-3-4-9-16(13)18/h3-12H,1-2H3/b11-10-.